The van der Waals surface area contributed by atoms with Gasteiger partial charge in [-0.05, 0) is 36.4 Å². The fourth-order valence-electron chi connectivity index (χ4n) is 0.897. The fraction of sp³-hybridized carbons (Fsp3) is 0.500. The second-order valence-corrected chi connectivity index (χ2v) is 3.63. The molecule has 0 spiro atoms. The highest BCUT2D eigenvalue weighted by Gasteiger charge is 2.03. The first-order valence-electron chi connectivity index (χ1n) is 3.98. The van der Waals surface area contributed by atoms with Crippen LogP contribution in [0, 0.1) is 10.5 Å². The minimum absolute atomic E-state index is 0.0946. The van der Waals surface area contributed by atoms with E-state index >= 15 is 0 Å². The molecule has 0 bridgehead atoms. The van der Waals surface area contributed by atoms with Crippen molar-refractivity contribution >= 4 is 22.6 Å². The number of H-pyrrole nitrogens is 1. The zero-order valence-corrected chi connectivity index (χ0v) is 9.71. The van der Waals surface area contributed by atoms with Gasteiger partial charge >= 0.3 is 0 Å². The minimum Gasteiger partial charge on any atom is -0.374 e. The van der Waals surface area contributed by atoms with Crippen LogP contribution in [0.3, 0.4) is 0 Å². The molecule has 4 nitrogen and oxygen atoms in total. The number of ether oxygens (including phenoxy) is 1. The molecule has 0 aromatic carbocycles. The van der Waals surface area contributed by atoms with Crippen molar-refractivity contribution in [2.75, 3.05) is 6.61 Å². The third-order valence-electron chi connectivity index (χ3n) is 1.52. The van der Waals surface area contributed by atoms with E-state index in [9.17, 15) is 4.79 Å². The summed E-state index contributed by atoms with van der Waals surface area (Å²) in [5, 5.41) is 0. The van der Waals surface area contributed by atoms with Gasteiger partial charge in [0.05, 0.1) is 9.26 Å². The van der Waals surface area contributed by atoms with E-state index in [0.717, 1.165) is 5.69 Å². The molecule has 1 rings (SSSR count). The highest BCUT2D eigenvalue weighted by molar-refractivity contribution is 14.1. The quantitative estimate of drug-likeness (QED) is 0.853. The van der Waals surface area contributed by atoms with Crippen molar-refractivity contribution in [3.63, 3.8) is 0 Å². The first kappa shape index (κ1) is 10.6. The second kappa shape index (κ2) is 4.71. The number of halogens is 1. The Balaban J connectivity index is 2.93. The largest absolute Gasteiger partial charge is 0.374 e. The first-order chi connectivity index (χ1) is 6.15. The monoisotopic (exact) mass is 294 g/mol. The van der Waals surface area contributed by atoms with Gasteiger partial charge in [-0.3, -0.25) is 4.79 Å². The predicted molar refractivity (Wildman–Crippen MR) is 57.6 cm³/mol. The molecule has 0 fully saturated rings. The van der Waals surface area contributed by atoms with E-state index in [1.54, 1.807) is 0 Å². The Labute approximate surface area is 89.9 Å². The lowest BCUT2D eigenvalue weighted by Crippen LogP contribution is -2.17. The molecule has 0 saturated heterocycles. The highest BCUT2D eigenvalue weighted by Crippen LogP contribution is 2.02. The molecule has 13 heavy (non-hydrogen) atoms. The van der Waals surface area contributed by atoms with Crippen LogP contribution in [0.5, 0.6) is 0 Å². The summed E-state index contributed by atoms with van der Waals surface area (Å²) in [6.45, 7) is 4.70. The van der Waals surface area contributed by atoms with Gasteiger partial charge in [-0.1, -0.05) is 0 Å². The molecule has 0 saturated carbocycles. The number of rotatable bonds is 3. The van der Waals surface area contributed by atoms with Crippen molar-refractivity contribution < 1.29 is 4.74 Å². The van der Waals surface area contributed by atoms with Crippen LogP contribution in [0.1, 0.15) is 18.4 Å². The number of aromatic nitrogens is 2. The van der Waals surface area contributed by atoms with Crippen molar-refractivity contribution in [3.05, 3.63) is 25.4 Å². The lowest BCUT2D eigenvalue weighted by molar-refractivity contribution is 0.128. The van der Waals surface area contributed by atoms with Crippen LogP contribution in [0.4, 0.5) is 0 Å². The van der Waals surface area contributed by atoms with Crippen LogP contribution in [0.2, 0.25) is 0 Å². The van der Waals surface area contributed by atoms with Gasteiger partial charge in [0.2, 0.25) is 0 Å². The van der Waals surface area contributed by atoms with E-state index in [4.69, 9.17) is 4.74 Å². The van der Waals surface area contributed by atoms with Crippen molar-refractivity contribution in [3.8, 4) is 0 Å². The van der Waals surface area contributed by atoms with Gasteiger partial charge in [-0.15, -0.1) is 0 Å². The lowest BCUT2D eigenvalue weighted by Gasteiger charge is -2.02. The summed E-state index contributed by atoms with van der Waals surface area (Å²) in [7, 11) is 0. The maximum atomic E-state index is 11.3. The predicted octanol–water partition coefficient (Wildman–Crippen LogP) is 1.22. The summed E-state index contributed by atoms with van der Waals surface area (Å²) in [6, 6.07) is 0. The van der Waals surface area contributed by atoms with Crippen LogP contribution in [0.15, 0.2) is 4.79 Å². The van der Waals surface area contributed by atoms with Crippen LogP contribution >= 0.6 is 22.6 Å². The van der Waals surface area contributed by atoms with Crippen LogP contribution in [-0.4, -0.2) is 16.6 Å². The van der Waals surface area contributed by atoms with E-state index in [1.165, 1.54) is 0 Å². The average Bonchev–Trinajstić information content (AvgIpc) is 2.10. The molecule has 72 valence electrons. The summed E-state index contributed by atoms with van der Waals surface area (Å²) < 4.78 is 5.77. The summed E-state index contributed by atoms with van der Waals surface area (Å²) in [4.78, 5) is 18.1. The topological polar surface area (TPSA) is 55.0 Å². The van der Waals surface area contributed by atoms with Crippen molar-refractivity contribution in [2.24, 2.45) is 0 Å². The van der Waals surface area contributed by atoms with Gasteiger partial charge in [0, 0.05) is 6.61 Å². The number of nitrogens with one attached hydrogen (secondary N) is 1. The molecule has 0 amide bonds. The van der Waals surface area contributed by atoms with E-state index in [0.29, 0.717) is 22.6 Å². The first-order valence-corrected chi connectivity index (χ1v) is 5.06. The van der Waals surface area contributed by atoms with Crippen LogP contribution in [0.25, 0.3) is 0 Å². The molecule has 1 aromatic heterocycles. The zero-order chi connectivity index (χ0) is 9.84. The molecule has 0 atom stereocenters. The number of hydrogen-bond donors (Lipinski definition) is 1. The molecule has 0 radical (unpaired) electrons. The van der Waals surface area contributed by atoms with Gasteiger partial charge in [-0.2, -0.15) is 0 Å². The Morgan fingerprint density at radius 3 is 2.85 bits per heavy atom. The molecule has 0 aliphatic rings. The number of aromatic amines is 1. The molecule has 0 aliphatic heterocycles. The standard InChI is InChI=1S/C8H11IN2O2/c1-3-13-4-6-10-5(2)7(9)8(12)11-6/h3-4H2,1-2H3,(H,10,11,12). The van der Waals surface area contributed by atoms with Crippen LogP contribution < -0.4 is 5.56 Å². The summed E-state index contributed by atoms with van der Waals surface area (Å²) in [5.41, 5.74) is 0.654. The fourth-order valence-corrected chi connectivity index (χ4v) is 1.15. The Morgan fingerprint density at radius 2 is 2.31 bits per heavy atom. The van der Waals surface area contributed by atoms with Crippen molar-refractivity contribution in [2.45, 2.75) is 20.5 Å². The smallest absolute Gasteiger partial charge is 0.264 e. The molecule has 0 aliphatic carbocycles. The average molecular weight is 294 g/mol. The second-order valence-electron chi connectivity index (χ2n) is 2.55. The number of hydrogen-bond acceptors (Lipinski definition) is 3. The van der Waals surface area contributed by atoms with Crippen molar-refractivity contribution in [1.82, 2.24) is 9.97 Å². The van der Waals surface area contributed by atoms with E-state index in [1.807, 2.05) is 36.4 Å². The molecular formula is C8H11IN2O2. The Kier molecular flexibility index (Phi) is 3.86. The third kappa shape index (κ3) is 2.77. The van der Waals surface area contributed by atoms with Gasteiger partial charge < -0.3 is 9.72 Å². The Hall–Kier alpha value is -0.430. The maximum Gasteiger partial charge on any atom is 0.264 e. The van der Waals surface area contributed by atoms with E-state index < -0.39 is 0 Å². The number of aryl methyl sites for hydroxylation is 1. The molecule has 1 N–H and O–H groups in total. The number of nitrogens with zero attached hydrogens (tertiary/aromatic N) is 1. The van der Waals surface area contributed by atoms with Gasteiger partial charge in [0.1, 0.15) is 12.4 Å². The zero-order valence-electron chi connectivity index (χ0n) is 7.56. The molecule has 5 heteroatoms. The molecular weight excluding hydrogens is 283 g/mol. The van der Waals surface area contributed by atoms with E-state index in [2.05, 4.69) is 9.97 Å². The highest BCUT2D eigenvalue weighted by atomic mass is 127. The Morgan fingerprint density at radius 1 is 1.62 bits per heavy atom. The van der Waals surface area contributed by atoms with Gasteiger partial charge in [0.15, 0.2) is 0 Å². The van der Waals surface area contributed by atoms with E-state index in [-0.39, 0.29) is 5.56 Å². The third-order valence-corrected chi connectivity index (χ3v) is 2.79. The Bertz CT molecular complexity index is 348. The molecule has 0 unspecified atom stereocenters. The summed E-state index contributed by atoms with van der Waals surface area (Å²) in [6.07, 6.45) is 0. The minimum atomic E-state index is -0.0946. The van der Waals surface area contributed by atoms with Crippen LogP contribution in [-0.2, 0) is 11.3 Å². The van der Waals surface area contributed by atoms with Gasteiger partial charge in [0.25, 0.3) is 5.56 Å². The maximum absolute atomic E-state index is 11.3. The summed E-state index contributed by atoms with van der Waals surface area (Å²) in [5.74, 6) is 0.588. The SMILES string of the molecule is CCOCc1nc(C)c(I)c(=O)[nH]1. The summed E-state index contributed by atoms with van der Waals surface area (Å²) >= 11 is 1.98. The molecule has 1 heterocycles. The lowest BCUT2D eigenvalue weighted by atomic mass is 10.4. The van der Waals surface area contributed by atoms with Gasteiger partial charge in [-0.25, -0.2) is 4.98 Å². The van der Waals surface area contributed by atoms with Crippen molar-refractivity contribution in [1.29, 1.82) is 0 Å². The molecule has 1 aromatic rings. The normalized spacial score (nSPS) is 10.4.